The quantitative estimate of drug-likeness (QED) is 0.746. The fraction of sp³-hybridized carbons (Fsp3) is 0.385. The molecule has 17 heavy (non-hydrogen) atoms. The van der Waals surface area contributed by atoms with Crippen molar-refractivity contribution in [3.05, 3.63) is 35.9 Å². The number of ketones is 1. The lowest BCUT2D eigenvalue weighted by atomic mass is 10.1. The molecule has 0 saturated heterocycles. The van der Waals surface area contributed by atoms with Gasteiger partial charge in [0.1, 0.15) is 11.8 Å². The molecule has 92 valence electrons. The number of aliphatic carboxylic acids is 1. The highest BCUT2D eigenvalue weighted by Crippen LogP contribution is 2.03. The lowest BCUT2D eigenvalue weighted by Gasteiger charge is -2.13. The summed E-state index contributed by atoms with van der Waals surface area (Å²) in [6.45, 7) is 1.90. The summed E-state index contributed by atoms with van der Waals surface area (Å²) >= 11 is 0. The van der Waals surface area contributed by atoms with Crippen molar-refractivity contribution in [2.24, 2.45) is 0 Å². The molecule has 0 spiro atoms. The van der Waals surface area contributed by atoms with Crippen LogP contribution in [-0.4, -0.2) is 29.4 Å². The van der Waals surface area contributed by atoms with Crippen molar-refractivity contribution in [1.82, 2.24) is 5.32 Å². The van der Waals surface area contributed by atoms with E-state index in [9.17, 15) is 9.59 Å². The molecule has 0 aliphatic heterocycles. The Morgan fingerprint density at radius 1 is 1.29 bits per heavy atom. The third kappa shape index (κ3) is 5.26. The molecule has 1 atom stereocenters. The summed E-state index contributed by atoms with van der Waals surface area (Å²) in [6, 6.07) is 8.79. The molecule has 0 saturated carbocycles. The van der Waals surface area contributed by atoms with Crippen molar-refractivity contribution >= 4 is 11.8 Å². The minimum atomic E-state index is -0.891. The second kappa shape index (κ2) is 6.81. The van der Waals surface area contributed by atoms with E-state index in [0.29, 0.717) is 19.4 Å². The number of carbonyl (C=O) groups is 2. The number of nitrogens with one attached hydrogen (secondary N) is 1. The zero-order valence-corrected chi connectivity index (χ0v) is 9.85. The number of carboxylic acids is 1. The first-order valence-corrected chi connectivity index (χ1v) is 5.59. The molecule has 1 aromatic rings. The Kier molecular flexibility index (Phi) is 5.36. The third-order valence-electron chi connectivity index (χ3n) is 2.45. The second-order valence-electron chi connectivity index (χ2n) is 3.99. The number of hydrogen-bond acceptors (Lipinski definition) is 3. The fourth-order valence-corrected chi connectivity index (χ4v) is 1.52. The first-order chi connectivity index (χ1) is 8.09. The van der Waals surface area contributed by atoms with Gasteiger partial charge in [-0.1, -0.05) is 30.3 Å². The molecule has 0 amide bonds. The maximum Gasteiger partial charge on any atom is 0.321 e. The van der Waals surface area contributed by atoms with Crippen molar-refractivity contribution in [3.8, 4) is 0 Å². The molecule has 0 aliphatic rings. The maximum atomic E-state index is 11.0. The molecule has 1 aromatic carbocycles. The molecular weight excluding hydrogens is 218 g/mol. The predicted octanol–water partition coefficient (Wildman–Crippen LogP) is 1.25. The molecule has 0 aromatic heterocycles. The Bertz CT molecular complexity index is 376. The SMILES string of the molecule is CC(=O)CCN[C@@H](Cc1ccccc1)C(=O)O. The molecule has 0 aliphatic carbocycles. The van der Waals surface area contributed by atoms with Gasteiger partial charge < -0.3 is 10.4 Å². The van der Waals surface area contributed by atoms with Crippen LogP contribution in [0.25, 0.3) is 0 Å². The molecule has 0 heterocycles. The van der Waals surface area contributed by atoms with Crippen molar-refractivity contribution in [2.45, 2.75) is 25.8 Å². The first-order valence-electron chi connectivity index (χ1n) is 5.59. The largest absolute Gasteiger partial charge is 0.480 e. The first kappa shape index (κ1) is 13.4. The van der Waals surface area contributed by atoms with Gasteiger partial charge in [-0.2, -0.15) is 0 Å². The molecule has 1 rings (SSSR count). The van der Waals surface area contributed by atoms with Gasteiger partial charge in [-0.3, -0.25) is 9.59 Å². The molecule has 0 fully saturated rings. The Morgan fingerprint density at radius 2 is 1.94 bits per heavy atom. The summed E-state index contributed by atoms with van der Waals surface area (Å²) in [4.78, 5) is 21.8. The van der Waals surface area contributed by atoms with Crippen LogP contribution in [-0.2, 0) is 16.0 Å². The number of hydrogen-bond donors (Lipinski definition) is 2. The lowest BCUT2D eigenvalue weighted by Crippen LogP contribution is -2.39. The molecular formula is C13H17NO3. The van der Waals surface area contributed by atoms with Gasteiger partial charge in [0, 0.05) is 13.0 Å². The highest BCUT2D eigenvalue weighted by atomic mass is 16.4. The van der Waals surface area contributed by atoms with Crippen LogP contribution in [0.3, 0.4) is 0 Å². The second-order valence-corrected chi connectivity index (χ2v) is 3.99. The minimum absolute atomic E-state index is 0.0568. The van der Waals surface area contributed by atoms with Crippen LogP contribution in [0.15, 0.2) is 30.3 Å². The number of Topliss-reactive ketones (excluding diaryl/α,β-unsaturated/α-hetero) is 1. The summed E-state index contributed by atoms with van der Waals surface area (Å²) < 4.78 is 0. The van der Waals surface area contributed by atoms with Gasteiger partial charge >= 0.3 is 5.97 Å². The topological polar surface area (TPSA) is 66.4 Å². The highest BCUT2D eigenvalue weighted by molar-refractivity contribution is 5.76. The average Bonchev–Trinajstić information content (AvgIpc) is 2.28. The Balaban J connectivity index is 2.49. The summed E-state index contributed by atoms with van der Waals surface area (Å²) in [7, 11) is 0. The van der Waals surface area contributed by atoms with Gasteiger partial charge in [0.2, 0.25) is 0 Å². The van der Waals surface area contributed by atoms with Crippen LogP contribution in [0.2, 0.25) is 0 Å². The van der Waals surface area contributed by atoms with E-state index in [4.69, 9.17) is 5.11 Å². The Hall–Kier alpha value is -1.68. The molecule has 0 bridgehead atoms. The predicted molar refractivity (Wildman–Crippen MR) is 64.9 cm³/mol. The van der Waals surface area contributed by atoms with Gasteiger partial charge in [0.15, 0.2) is 0 Å². The number of carboxylic acid groups (broad SMARTS) is 1. The van der Waals surface area contributed by atoms with E-state index in [1.807, 2.05) is 30.3 Å². The van der Waals surface area contributed by atoms with Crippen LogP contribution in [0, 0.1) is 0 Å². The van der Waals surface area contributed by atoms with Crippen molar-refractivity contribution in [1.29, 1.82) is 0 Å². The van der Waals surface area contributed by atoms with Crippen LogP contribution < -0.4 is 5.32 Å². The van der Waals surface area contributed by atoms with E-state index in [2.05, 4.69) is 5.32 Å². The minimum Gasteiger partial charge on any atom is -0.480 e. The van der Waals surface area contributed by atoms with Gasteiger partial charge in [-0.15, -0.1) is 0 Å². The zero-order chi connectivity index (χ0) is 12.7. The van der Waals surface area contributed by atoms with Crippen LogP contribution >= 0.6 is 0 Å². The summed E-state index contributed by atoms with van der Waals surface area (Å²) in [5, 5.41) is 11.9. The van der Waals surface area contributed by atoms with E-state index in [1.54, 1.807) is 0 Å². The number of carbonyl (C=O) groups excluding carboxylic acids is 1. The normalized spacial score (nSPS) is 12.1. The summed E-state index contributed by atoms with van der Waals surface area (Å²) in [6.07, 6.45) is 0.784. The smallest absolute Gasteiger partial charge is 0.321 e. The third-order valence-corrected chi connectivity index (χ3v) is 2.45. The zero-order valence-electron chi connectivity index (χ0n) is 9.85. The Labute approximate surface area is 101 Å². The molecule has 0 unspecified atom stereocenters. The lowest BCUT2D eigenvalue weighted by molar-refractivity contribution is -0.139. The molecule has 4 heteroatoms. The average molecular weight is 235 g/mol. The van der Waals surface area contributed by atoms with Crippen molar-refractivity contribution in [3.63, 3.8) is 0 Å². The summed E-state index contributed by atoms with van der Waals surface area (Å²) in [5.41, 5.74) is 0.968. The van der Waals surface area contributed by atoms with Crippen LogP contribution in [0.5, 0.6) is 0 Å². The monoisotopic (exact) mass is 235 g/mol. The van der Waals surface area contributed by atoms with Gasteiger partial charge in [-0.05, 0) is 18.9 Å². The number of benzene rings is 1. The van der Waals surface area contributed by atoms with Crippen molar-refractivity contribution in [2.75, 3.05) is 6.54 Å². The van der Waals surface area contributed by atoms with Crippen LogP contribution in [0.4, 0.5) is 0 Å². The van der Waals surface area contributed by atoms with Crippen molar-refractivity contribution < 1.29 is 14.7 Å². The molecule has 2 N–H and O–H groups in total. The van der Waals surface area contributed by atoms with Gasteiger partial charge in [0.25, 0.3) is 0 Å². The van der Waals surface area contributed by atoms with E-state index < -0.39 is 12.0 Å². The molecule has 0 radical (unpaired) electrons. The van der Waals surface area contributed by atoms with Crippen LogP contribution in [0.1, 0.15) is 18.9 Å². The van der Waals surface area contributed by atoms with E-state index in [-0.39, 0.29) is 5.78 Å². The Morgan fingerprint density at radius 3 is 2.47 bits per heavy atom. The standard InChI is InChI=1S/C13H17NO3/c1-10(15)7-8-14-12(13(16)17)9-11-5-3-2-4-6-11/h2-6,12,14H,7-9H2,1H3,(H,16,17)/t12-/m0/s1. The fourth-order valence-electron chi connectivity index (χ4n) is 1.52. The summed E-state index contributed by atoms with van der Waals surface area (Å²) in [5.74, 6) is -0.834. The van der Waals surface area contributed by atoms with Gasteiger partial charge in [0.05, 0.1) is 0 Å². The number of rotatable bonds is 7. The van der Waals surface area contributed by atoms with Gasteiger partial charge in [-0.25, -0.2) is 0 Å². The van der Waals surface area contributed by atoms with E-state index in [0.717, 1.165) is 5.56 Å². The highest BCUT2D eigenvalue weighted by Gasteiger charge is 2.16. The van der Waals surface area contributed by atoms with E-state index >= 15 is 0 Å². The van der Waals surface area contributed by atoms with E-state index in [1.165, 1.54) is 6.92 Å². The molecule has 4 nitrogen and oxygen atoms in total. The maximum absolute atomic E-state index is 11.0.